The van der Waals surface area contributed by atoms with Crippen LogP contribution < -0.4 is 5.73 Å². The number of nitrogens with two attached hydrogens (primary N) is 1. The van der Waals surface area contributed by atoms with Crippen LogP contribution in [0.15, 0.2) is 42.5 Å². The largest absolute Gasteiger partial charge is 0.330 e. The van der Waals surface area contributed by atoms with Gasteiger partial charge in [0.05, 0.1) is 0 Å². The summed E-state index contributed by atoms with van der Waals surface area (Å²) in [5, 5.41) is 0.634. The summed E-state index contributed by atoms with van der Waals surface area (Å²) in [6, 6.07) is 12.4. The second kappa shape index (κ2) is 6.18. The van der Waals surface area contributed by atoms with E-state index in [2.05, 4.69) is 6.92 Å². The molecule has 0 heterocycles. The van der Waals surface area contributed by atoms with Gasteiger partial charge in [0, 0.05) is 10.6 Å². The van der Waals surface area contributed by atoms with Crippen LogP contribution in [0.3, 0.4) is 0 Å². The molecule has 0 saturated carbocycles. The van der Waals surface area contributed by atoms with Crippen LogP contribution in [0, 0.1) is 5.82 Å². The average molecular weight is 278 g/mol. The van der Waals surface area contributed by atoms with Gasteiger partial charge in [0.25, 0.3) is 0 Å². The smallest absolute Gasteiger partial charge is 0.123 e. The third-order valence-electron chi connectivity index (χ3n) is 3.29. The highest BCUT2D eigenvalue weighted by Gasteiger charge is 2.10. The Morgan fingerprint density at radius 3 is 2.68 bits per heavy atom. The zero-order valence-corrected chi connectivity index (χ0v) is 11.6. The van der Waals surface area contributed by atoms with Gasteiger partial charge in [0.1, 0.15) is 5.82 Å². The lowest BCUT2D eigenvalue weighted by Crippen LogP contribution is -2.04. The molecular formula is C16H17ClFN. The number of halogens is 2. The molecule has 0 bridgehead atoms. The first-order chi connectivity index (χ1) is 9.11. The van der Waals surface area contributed by atoms with Gasteiger partial charge in [0.15, 0.2) is 0 Å². The molecule has 0 radical (unpaired) electrons. The minimum atomic E-state index is -0.256. The highest BCUT2D eigenvalue weighted by molar-refractivity contribution is 6.33. The molecule has 2 aromatic rings. The molecule has 100 valence electrons. The Labute approximate surface area is 118 Å². The monoisotopic (exact) mass is 277 g/mol. The van der Waals surface area contributed by atoms with Crippen molar-refractivity contribution in [2.75, 3.05) is 6.54 Å². The SMILES string of the molecule is CC(CCN)c1ccc(Cl)c(-c2cccc(F)c2)c1. The fourth-order valence-corrected chi connectivity index (χ4v) is 2.37. The number of hydrogen-bond donors (Lipinski definition) is 1. The van der Waals surface area contributed by atoms with Crippen LogP contribution in [0.5, 0.6) is 0 Å². The summed E-state index contributed by atoms with van der Waals surface area (Å²) in [4.78, 5) is 0. The van der Waals surface area contributed by atoms with Crippen molar-refractivity contribution in [1.82, 2.24) is 0 Å². The van der Waals surface area contributed by atoms with Crippen molar-refractivity contribution in [2.24, 2.45) is 5.73 Å². The van der Waals surface area contributed by atoms with Crippen molar-refractivity contribution in [2.45, 2.75) is 19.3 Å². The third-order valence-corrected chi connectivity index (χ3v) is 3.62. The molecule has 19 heavy (non-hydrogen) atoms. The first-order valence-corrected chi connectivity index (χ1v) is 6.75. The molecule has 1 nitrogen and oxygen atoms in total. The van der Waals surface area contributed by atoms with Gasteiger partial charge in [-0.05, 0) is 54.3 Å². The summed E-state index contributed by atoms with van der Waals surface area (Å²) < 4.78 is 13.3. The Balaban J connectivity index is 2.42. The maximum Gasteiger partial charge on any atom is 0.123 e. The minimum absolute atomic E-state index is 0.256. The predicted octanol–water partition coefficient (Wildman–Crippen LogP) is 4.60. The highest BCUT2D eigenvalue weighted by Crippen LogP contribution is 2.32. The lowest BCUT2D eigenvalue weighted by Gasteiger charge is -2.13. The highest BCUT2D eigenvalue weighted by atomic mass is 35.5. The lowest BCUT2D eigenvalue weighted by molar-refractivity contribution is 0.628. The van der Waals surface area contributed by atoms with Gasteiger partial charge in [-0.25, -0.2) is 4.39 Å². The molecule has 0 aromatic heterocycles. The molecule has 3 heteroatoms. The van der Waals surface area contributed by atoms with Crippen LogP contribution in [-0.2, 0) is 0 Å². The summed E-state index contributed by atoms with van der Waals surface area (Å²) in [6.45, 7) is 2.78. The van der Waals surface area contributed by atoms with Crippen LogP contribution in [-0.4, -0.2) is 6.54 Å². The fourth-order valence-electron chi connectivity index (χ4n) is 2.14. The second-order valence-electron chi connectivity index (χ2n) is 4.73. The van der Waals surface area contributed by atoms with Gasteiger partial charge < -0.3 is 5.73 Å². The minimum Gasteiger partial charge on any atom is -0.330 e. The van der Waals surface area contributed by atoms with Crippen molar-refractivity contribution in [3.8, 4) is 11.1 Å². The van der Waals surface area contributed by atoms with E-state index in [0.717, 1.165) is 17.5 Å². The molecule has 0 aliphatic carbocycles. The predicted molar refractivity (Wildman–Crippen MR) is 78.9 cm³/mol. The average Bonchev–Trinajstić information content (AvgIpc) is 2.39. The number of rotatable bonds is 4. The molecule has 1 atom stereocenters. The zero-order valence-electron chi connectivity index (χ0n) is 10.9. The molecule has 0 spiro atoms. The second-order valence-corrected chi connectivity index (χ2v) is 5.14. The van der Waals surface area contributed by atoms with E-state index in [1.54, 1.807) is 6.07 Å². The summed E-state index contributed by atoms with van der Waals surface area (Å²) in [5.74, 6) is 0.114. The van der Waals surface area contributed by atoms with E-state index in [1.807, 2.05) is 24.3 Å². The van der Waals surface area contributed by atoms with Crippen LogP contribution in [0.25, 0.3) is 11.1 Å². The molecule has 0 aliphatic rings. The van der Waals surface area contributed by atoms with E-state index < -0.39 is 0 Å². The van der Waals surface area contributed by atoms with Crippen LogP contribution in [0.4, 0.5) is 4.39 Å². The van der Waals surface area contributed by atoms with Gasteiger partial charge in [-0.1, -0.05) is 36.7 Å². The Morgan fingerprint density at radius 2 is 2.00 bits per heavy atom. The van der Waals surface area contributed by atoms with Crippen molar-refractivity contribution >= 4 is 11.6 Å². The summed E-state index contributed by atoms with van der Waals surface area (Å²) in [7, 11) is 0. The van der Waals surface area contributed by atoms with E-state index in [4.69, 9.17) is 17.3 Å². The van der Waals surface area contributed by atoms with E-state index in [-0.39, 0.29) is 5.82 Å². The number of hydrogen-bond acceptors (Lipinski definition) is 1. The fraction of sp³-hybridized carbons (Fsp3) is 0.250. The summed E-state index contributed by atoms with van der Waals surface area (Å²) in [6.07, 6.45) is 0.921. The van der Waals surface area contributed by atoms with E-state index in [9.17, 15) is 4.39 Å². The third kappa shape index (κ3) is 3.34. The van der Waals surface area contributed by atoms with Gasteiger partial charge >= 0.3 is 0 Å². The lowest BCUT2D eigenvalue weighted by atomic mass is 9.94. The van der Waals surface area contributed by atoms with E-state index in [0.29, 0.717) is 17.5 Å². The number of benzene rings is 2. The maximum atomic E-state index is 13.3. The molecule has 0 fully saturated rings. The molecular weight excluding hydrogens is 261 g/mol. The molecule has 0 saturated heterocycles. The molecule has 2 N–H and O–H groups in total. The van der Waals surface area contributed by atoms with Gasteiger partial charge in [-0.3, -0.25) is 0 Å². The van der Waals surface area contributed by atoms with Crippen LogP contribution >= 0.6 is 11.6 Å². The molecule has 2 rings (SSSR count). The van der Waals surface area contributed by atoms with E-state index >= 15 is 0 Å². The summed E-state index contributed by atoms with van der Waals surface area (Å²) >= 11 is 6.22. The maximum absolute atomic E-state index is 13.3. The zero-order chi connectivity index (χ0) is 13.8. The van der Waals surface area contributed by atoms with Crippen molar-refractivity contribution in [3.05, 3.63) is 58.9 Å². The van der Waals surface area contributed by atoms with Gasteiger partial charge in [-0.15, -0.1) is 0 Å². The molecule has 2 aromatic carbocycles. The van der Waals surface area contributed by atoms with Crippen LogP contribution in [0.2, 0.25) is 5.02 Å². The van der Waals surface area contributed by atoms with Gasteiger partial charge in [-0.2, -0.15) is 0 Å². The van der Waals surface area contributed by atoms with E-state index in [1.165, 1.54) is 17.7 Å². The Kier molecular flexibility index (Phi) is 4.56. The van der Waals surface area contributed by atoms with Crippen LogP contribution in [0.1, 0.15) is 24.8 Å². The summed E-state index contributed by atoms with van der Waals surface area (Å²) in [5.41, 5.74) is 8.43. The standard InChI is InChI=1S/C16H17ClFN/c1-11(7-8-19)12-5-6-16(17)15(10-12)13-3-2-4-14(18)9-13/h2-6,9-11H,7-8,19H2,1H3. The molecule has 1 unspecified atom stereocenters. The Hall–Kier alpha value is -1.38. The quantitative estimate of drug-likeness (QED) is 0.868. The first-order valence-electron chi connectivity index (χ1n) is 6.37. The Morgan fingerprint density at radius 1 is 1.21 bits per heavy atom. The van der Waals surface area contributed by atoms with Gasteiger partial charge in [0.2, 0.25) is 0 Å². The topological polar surface area (TPSA) is 26.0 Å². The van der Waals surface area contributed by atoms with Crippen molar-refractivity contribution in [1.29, 1.82) is 0 Å². The first kappa shape index (κ1) is 14.0. The molecule has 0 amide bonds. The van der Waals surface area contributed by atoms with Crippen molar-refractivity contribution < 1.29 is 4.39 Å². The normalized spacial score (nSPS) is 12.4. The molecule has 0 aliphatic heterocycles. The Bertz CT molecular complexity index is 568. The van der Waals surface area contributed by atoms with Crippen molar-refractivity contribution in [3.63, 3.8) is 0 Å².